The van der Waals surface area contributed by atoms with E-state index in [1.165, 1.54) is 58.2 Å². The topological polar surface area (TPSA) is 24.1 Å². The molecule has 2 heteroatoms. The van der Waals surface area contributed by atoms with Gasteiger partial charge in [0, 0.05) is 6.04 Å². The van der Waals surface area contributed by atoms with E-state index in [1.807, 2.05) is 0 Å². The zero-order chi connectivity index (χ0) is 11.7. The van der Waals surface area contributed by atoms with E-state index in [2.05, 4.69) is 17.6 Å². The van der Waals surface area contributed by atoms with E-state index in [-0.39, 0.29) is 0 Å². The highest BCUT2D eigenvalue weighted by molar-refractivity contribution is 4.92. The van der Waals surface area contributed by atoms with Gasteiger partial charge in [0.2, 0.25) is 0 Å². The molecule has 3 aliphatic rings. The third kappa shape index (κ3) is 3.45. The summed E-state index contributed by atoms with van der Waals surface area (Å²) in [5.74, 6) is 4.16. The number of hydrogen-bond donors (Lipinski definition) is 2. The maximum Gasteiger partial charge on any atom is 0.00418 e. The molecule has 0 bridgehead atoms. The van der Waals surface area contributed by atoms with Crippen molar-refractivity contribution in [3.63, 3.8) is 0 Å². The number of hydrogen-bond acceptors (Lipinski definition) is 2. The van der Waals surface area contributed by atoms with Crippen LogP contribution in [0.1, 0.15) is 45.4 Å². The van der Waals surface area contributed by atoms with Gasteiger partial charge in [0.05, 0.1) is 0 Å². The summed E-state index contributed by atoms with van der Waals surface area (Å²) < 4.78 is 0. The van der Waals surface area contributed by atoms with Crippen molar-refractivity contribution in [3.8, 4) is 0 Å². The number of piperidine rings is 1. The number of rotatable bonds is 6. The Morgan fingerprint density at radius 3 is 2.41 bits per heavy atom. The minimum absolute atomic E-state index is 0.734. The van der Waals surface area contributed by atoms with Crippen molar-refractivity contribution in [2.75, 3.05) is 19.6 Å². The maximum atomic E-state index is 3.79. The van der Waals surface area contributed by atoms with Crippen LogP contribution >= 0.6 is 0 Å². The lowest BCUT2D eigenvalue weighted by Gasteiger charge is -2.29. The fourth-order valence-electron chi connectivity index (χ4n) is 3.64. The third-order valence-corrected chi connectivity index (χ3v) is 5.00. The van der Waals surface area contributed by atoms with Gasteiger partial charge < -0.3 is 10.6 Å². The lowest BCUT2D eigenvalue weighted by Crippen LogP contribution is -2.40. The molecule has 2 nitrogen and oxygen atoms in total. The Labute approximate surface area is 106 Å². The monoisotopic (exact) mass is 236 g/mol. The number of nitrogens with one attached hydrogen (secondary N) is 2. The Morgan fingerprint density at radius 1 is 1.12 bits per heavy atom. The van der Waals surface area contributed by atoms with Gasteiger partial charge in [-0.1, -0.05) is 0 Å². The Morgan fingerprint density at radius 2 is 1.82 bits per heavy atom. The maximum absolute atomic E-state index is 3.79. The van der Waals surface area contributed by atoms with Crippen molar-refractivity contribution in [2.45, 2.75) is 51.5 Å². The van der Waals surface area contributed by atoms with Gasteiger partial charge in [-0.25, -0.2) is 0 Å². The quantitative estimate of drug-likeness (QED) is 0.740. The van der Waals surface area contributed by atoms with Crippen molar-refractivity contribution in [3.05, 3.63) is 0 Å². The van der Waals surface area contributed by atoms with Gasteiger partial charge in [0.1, 0.15) is 0 Å². The minimum atomic E-state index is 0.734. The first-order chi connectivity index (χ1) is 8.33. The molecule has 0 aromatic heterocycles. The molecule has 98 valence electrons. The molecule has 0 radical (unpaired) electrons. The smallest absolute Gasteiger partial charge is 0.00418 e. The van der Waals surface area contributed by atoms with E-state index in [1.54, 1.807) is 0 Å². The van der Waals surface area contributed by atoms with Gasteiger partial charge in [-0.2, -0.15) is 0 Å². The molecule has 3 fully saturated rings. The molecule has 2 aliphatic carbocycles. The SMILES string of the molecule is CC1CC(CNCC(C2CC2)C2CC2)CCN1. The van der Waals surface area contributed by atoms with Crippen LogP contribution < -0.4 is 10.6 Å². The van der Waals surface area contributed by atoms with Crippen LogP contribution in [0, 0.1) is 23.7 Å². The van der Waals surface area contributed by atoms with Gasteiger partial charge in [-0.3, -0.25) is 0 Å². The zero-order valence-electron chi connectivity index (χ0n) is 11.3. The Bertz CT molecular complexity index is 233. The summed E-state index contributed by atoms with van der Waals surface area (Å²) in [7, 11) is 0. The Kier molecular flexibility index (Phi) is 3.72. The zero-order valence-corrected chi connectivity index (χ0v) is 11.3. The molecule has 0 aromatic rings. The predicted octanol–water partition coefficient (Wildman–Crippen LogP) is 2.40. The summed E-state index contributed by atoms with van der Waals surface area (Å²) in [4.78, 5) is 0. The van der Waals surface area contributed by atoms with Crippen LogP contribution in [0.15, 0.2) is 0 Å². The van der Waals surface area contributed by atoms with E-state index in [0.717, 1.165) is 29.7 Å². The second-order valence-corrected chi connectivity index (χ2v) is 6.74. The van der Waals surface area contributed by atoms with Crippen LogP contribution in [0.2, 0.25) is 0 Å². The molecule has 1 saturated heterocycles. The summed E-state index contributed by atoms with van der Waals surface area (Å²) in [5.41, 5.74) is 0. The standard InChI is InChI=1S/C15H28N2/c1-11-8-12(6-7-17-11)9-16-10-15(13-2-3-13)14-4-5-14/h11-17H,2-10H2,1H3. The molecule has 1 aliphatic heterocycles. The first-order valence-electron chi connectivity index (χ1n) is 7.77. The minimum Gasteiger partial charge on any atom is -0.316 e. The highest BCUT2D eigenvalue weighted by Gasteiger charge is 2.40. The molecular formula is C15H28N2. The predicted molar refractivity (Wildman–Crippen MR) is 72.0 cm³/mol. The molecule has 17 heavy (non-hydrogen) atoms. The van der Waals surface area contributed by atoms with Crippen molar-refractivity contribution in [1.82, 2.24) is 10.6 Å². The summed E-state index contributed by atoms with van der Waals surface area (Å²) in [6.07, 6.45) is 8.82. The van der Waals surface area contributed by atoms with Crippen LogP contribution in [0.3, 0.4) is 0 Å². The molecule has 2 saturated carbocycles. The summed E-state index contributed by atoms with van der Waals surface area (Å²) in [6.45, 7) is 6.13. The van der Waals surface area contributed by atoms with Crippen LogP contribution in [0.25, 0.3) is 0 Å². The van der Waals surface area contributed by atoms with E-state index in [0.29, 0.717) is 0 Å². The van der Waals surface area contributed by atoms with Gasteiger partial charge in [0.15, 0.2) is 0 Å². The molecule has 2 atom stereocenters. The van der Waals surface area contributed by atoms with Crippen molar-refractivity contribution in [2.24, 2.45) is 23.7 Å². The van der Waals surface area contributed by atoms with Crippen molar-refractivity contribution in [1.29, 1.82) is 0 Å². The Hall–Kier alpha value is -0.0800. The largest absolute Gasteiger partial charge is 0.316 e. The fourth-order valence-corrected chi connectivity index (χ4v) is 3.64. The molecule has 0 amide bonds. The molecule has 2 unspecified atom stereocenters. The Balaban J connectivity index is 1.35. The van der Waals surface area contributed by atoms with Gasteiger partial charge in [0.25, 0.3) is 0 Å². The van der Waals surface area contributed by atoms with Gasteiger partial charge in [-0.05, 0) is 88.8 Å². The second-order valence-electron chi connectivity index (χ2n) is 6.74. The van der Waals surface area contributed by atoms with Crippen molar-refractivity contribution < 1.29 is 0 Å². The van der Waals surface area contributed by atoms with Gasteiger partial charge >= 0.3 is 0 Å². The summed E-state index contributed by atoms with van der Waals surface area (Å²) in [5, 5.41) is 7.33. The molecule has 0 spiro atoms. The summed E-state index contributed by atoms with van der Waals surface area (Å²) >= 11 is 0. The highest BCUT2D eigenvalue weighted by Crippen LogP contribution is 2.48. The lowest BCUT2D eigenvalue weighted by molar-refractivity contribution is 0.289. The fraction of sp³-hybridized carbons (Fsp3) is 1.00. The van der Waals surface area contributed by atoms with E-state index in [4.69, 9.17) is 0 Å². The molecule has 3 rings (SSSR count). The second kappa shape index (κ2) is 5.27. The van der Waals surface area contributed by atoms with Crippen LogP contribution in [0.4, 0.5) is 0 Å². The van der Waals surface area contributed by atoms with E-state index in [9.17, 15) is 0 Å². The molecular weight excluding hydrogens is 208 g/mol. The average molecular weight is 236 g/mol. The van der Waals surface area contributed by atoms with E-state index >= 15 is 0 Å². The van der Waals surface area contributed by atoms with Crippen molar-refractivity contribution >= 4 is 0 Å². The summed E-state index contributed by atoms with van der Waals surface area (Å²) in [6, 6.07) is 0.734. The first kappa shape index (κ1) is 12.0. The normalized spacial score (nSPS) is 34.2. The van der Waals surface area contributed by atoms with E-state index < -0.39 is 0 Å². The van der Waals surface area contributed by atoms with Gasteiger partial charge in [-0.15, -0.1) is 0 Å². The highest BCUT2D eigenvalue weighted by atomic mass is 14.9. The molecule has 2 N–H and O–H groups in total. The first-order valence-corrected chi connectivity index (χ1v) is 7.77. The van der Waals surface area contributed by atoms with Crippen LogP contribution in [-0.2, 0) is 0 Å². The molecule has 0 aromatic carbocycles. The van der Waals surface area contributed by atoms with Crippen LogP contribution in [-0.4, -0.2) is 25.7 Å². The third-order valence-electron chi connectivity index (χ3n) is 5.00. The lowest BCUT2D eigenvalue weighted by atomic mass is 9.92. The average Bonchev–Trinajstić information content (AvgIpc) is 3.15. The van der Waals surface area contributed by atoms with Crippen LogP contribution in [0.5, 0.6) is 0 Å². The molecule has 1 heterocycles.